The average Bonchev–Trinajstić information content (AvgIpc) is 2.37. The molecule has 0 amide bonds. The molecule has 0 bridgehead atoms. The second-order valence-electron chi connectivity index (χ2n) is 4.03. The number of esters is 1. The number of carbonyl (C=O) groups excluding carboxylic acids is 2. The van der Waals surface area contributed by atoms with Crippen molar-refractivity contribution in [3.05, 3.63) is 23.5 Å². The highest BCUT2D eigenvalue weighted by Crippen LogP contribution is 2.20. The smallest absolute Gasteiger partial charge is 0.307 e. The highest BCUT2D eigenvalue weighted by atomic mass is 16.5. The lowest BCUT2D eigenvalue weighted by Crippen LogP contribution is -1.94. The summed E-state index contributed by atoms with van der Waals surface area (Å²) in [6.45, 7) is 1.40. The van der Waals surface area contributed by atoms with Crippen molar-refractivity contribution in [2.24, 2.45) is 0 Å². The van der Waals surface area contributed by atoms with E-state index in [0.29, 0.717) is 0 Å². The topological polar surface area (TPSA) is 43.4 Å². The Morgan fingerprint density at radius 2 is 2.06 bits per heavy atom. The van der Waals surface area contributed by atoms with Crippen LogP contribution in [0, 0.1) is 0 Å². The standard InChI is InChI=1S/C13H18O3/c1-11(15)16-10-13-6-3-2-5-12(9-14)7-4-8-13/h5,9-10H,2-4,6-8H2,1H3/b12-5-,13-10-. The first kappa shape index (κ1) is 12.7. The molecule has 0 aliphatic heterocycles. The number of hydrogen-bond donors (Lipinski definition) is 0. The monoisotopic (exact) mass is 222 g/mol. The summed E-state index contributed by atoms with van der Waals surface area (Å²) >= 11 is 0. The van der Waals surface area contributed by atoms with E-state index < -0.39 is 0 Å². The van der Waals surface area contributed by atoms with Crippen LogP contribution in [0.15, 0.2) is 23.5 Å². The summed E-state index contributed by atoms with van der Waals surface area (Å²) in [5, 5.41) is 0. The molecule has 0 aromatic carbocycles. The normalized spacial score (nSPS) is 23.6. The van der Waals surface area contributed by atoms with Gasteiger partial charge in [0.1, 0.15) is 6.29 Å². The van der Waals surface area contributed by atoms with Gasteiger partial charge in [0.15, 0.2) is 0 Å². The molecule has 0 N–H and O–H groups in total. The second kappa shape index (κ2) is 6.99. The van der Waals surface area contributed by atoms with E-state index in [1.165, 1.54) is 6.92 Å². The predicted molar refractivity (Wildman–Crippen MR) is 61.7 cm³/mol. The van der Waals surface area contributed by atoms with Gasteiger partial charge in [0.05, 0.1) is 6.26 Å². The zero-order chi connectivity index (χ0) is 11.8. The number of aldehydes is 1. The molecule has 0 unspecified atom stereocenters. The molecule has 0 fully saturated rings. The van der Waals surface area contributed by atoms with Crippen LogP contribution in [0.25, 0.3) is 0 Å². The number of ether oxygens (including phenoxy) is 1. The van der Waals surface area contributed by atoms with Crippen LogP contribution in [0.1, 0.15) is 45.4 Å². The van der Waals surface area contributed by atoms with Gasteiger partial charge in [-0.3, -0.25) is 9.59 Å². The minimum absolute atomic E-state index is 0.279. The van der Waals surface area contributed by atoms with Gasteiger partial charge < -0.3 is 4.74 Å². The highest BCUT2D eigenvalue weighted by molar-refractivity contribution is 5.72. The fourth-order valence-electron chi connectivity index (χ4n) is 1.75. The van der Waals surface area contributed by atoms with Crippen molar-refractivity contribution in [1.82, 2.24) is 0 Å². The van der Waals surface area contributed by atoms with Crippen LogP contribution in [0.4, 0.5) is 0 Å². The molecule has 0 heterocycles. The van der Waals surface area contributed by atoms with E-state index in [-0.39, 0.29) is 5.97 Å². The summed E-state index contributed by atoms with van der Waals surface area (Å²) in [4.78, 5) is 21.4. The molecule has 0 aromatic rings. The highest BCUT2D eigenvalue weighted by Gasteiger charge is 2.04. The Bertz CT molecular complexity index is 313. The van der Waals surface area contributed by atoms with Gasteiger partial charge in [-0.1, -0.05) is 6.08 Å². The van der Waals surface area contributed by atoms with Crippen LogP contribution < -0.4 is 0 Å². The number of allylic oxidation sites excluding steroid dienone is 3. The van der Waals surface area contributed by atoms with E-state index in [9.17, 15) is 9.59 Å². The Balaban J connectivity index is 2.51. The van der Waals surface area contributed by atoms with E-state index in [1.54, 1.807) is 6.26 Å². The summed E-state index contributed by atoms with van der Waals surface area (Å²) in [7, 11) is 0. The summed E-state index contributed by atoms with van der Waals surface area (Å²) in [6, 6.07) is 0. The Morgan fingerprint density at radius 3 is 2.75 bits per heavy atom. The van der Waals surface area contributed by atoms with E-state index >= 15 is 0 Å². The Hall–Kier alpha value is -1.38. The lowest BCUT2D eigenvalue weighted by Gasteiger charge is -2.04. The molecule has 88 valence electrons. The van der Waals surface area contributed by atoms with Gasteiger partial charge in [0, 0.05) is 6.92 Å². The van der Waals surface area contributed by atoms with Gasteiger partial charge in [0.25, 0.3) is 0 Å². The molecule has 1 aliphatic carbocycles. The first-order chi connectivity index (χ1) is 7.72. The van der Waals surface area contributed by atoms with E-state index in [2.05, 4.69) is 0 Å². The van der Waals surface area contributed by atoms with Crippen LogP contribution in [0.5, 0.6) is 0 Å². The van der Waals surface area contributed by atoms with E-state index in [4.69, 9.17) is 4.74 Å². The SMILES string of the molecule is CC(=O)O/C=C1/CCC/C=C(\C=O)CCC1. The number of carbonyl (C=O) groups is 2. The van der Waals surface area contributed by atoms with E-state index in [0.717, 1.165) is 56.0 Å². The van der Waals surface area contributed by atoms with Crippen LogP contribution in [0.3, 0.4) is 0 Å². The fourth-order valence-corrected chi connectivity index (χ4v) is 1.75. The van der Waals surface area contributed by atoms with Crippen LogP contribution in [-0.4, -0.2) is 12.3 Å². The average molecular weight is 222 g/mol. The maximum absolute atomic E-state index is 10.7. The lowest BCUT2D eigenvalue weighted by atomic mass is 10.0. The molecule has 3 nitrogen and oxygen atoms in total. The molecular weight excluding hydrogens is 204 g/mol. The first-order valence-corrected chi connectivity index (χ1v) is 5.71. The Morgan fingerprint density at radius 1 is 1.31 bits per heavy atom. The third kappa shape index (κ3) is 4.91. The molecule has 0 aromatic heterocycles. The summed E-state index contributed by atoms with van der Waals surface area (Å²) < 4.78 is 4.88. The lowest BCUT2D eigenvalue weighted by molar-refractivity contribution is -0.135. The van der Waals surface area contributed by atoms with Crippen molar-refractivity contribution >= 4 is 12.3 Å². The molecule has 0 saturated carbocycles. The molecule has 3 heteroatoms. The minimum atomic E-state index is -0.279. The van der Waals surface area contributed by atoms with Crippen molar-refractivity contribution in [2.45, 2.75) is 45.4 Å². The molecule has 1 aliphatic rings. The second-order valence-corrected chi connectivity index (χ2v) is 4.03. The zero-order valence-electron chi connectivity index (χ0n) is 9.70. The van der Waals surface area contributed by atoms with Crippen LogP contribution in [0.2, 0.25) is 0 Å². The molecule has 0 spiro atoms. The van der Waals surface area contributed by atoms with E-state index in [1.807, 2.05) is 6.08 Å². The zero-order valence-corrected chi connectivity index (χ0v) is 9.70. The van der Waals surface area contributed by atoms with Gasteiger partial charge in [-0.15, -0.1) is 0 Å². The molecular formula is C13H18O3. The quantitative estimate of drug-likeness (QED) is 0.410. The Labute approximate surface area is 96.2 Å². The minimum Gasteiger partial charge on any atom is -0.435 e. The van der Waals surface area contributed by atoms with Crippen LogP contribution in [-0.2, 0) is 14.3 Å². The van der Waals surface area contributed by atoms with Crippen molar-refractivity contribution in [2.75, 3.05) is 0 Å². The largest absolute Gasteiger partial charge is 0.435 e. The van der Waals surface area contributed by atoms with Crippen molar-refractivity contribution in [1.29, 1.82) is 0 Å². The van der Waals surface area contributed by atoms with Gasteiger partial charge in [-0.2, -0.15) is 0 Å². The summed E-state index contributed by atoms with van der Waals surface area (Å²) in [5.41, 5.74) is 2.06. The molecule has 0 saturated heterocycles. The number of hydrogen-bond acceptors (Lipinski definition) is 3. The predicted octanol–water partition coefficient (Wildman–Crippen LogP) is 2.91. The van der Waals surface area contributed by atoms with Gasteiger partial charge in [0.2, 0.25) is 0 Å². The van der Waals surface area contributed by atoms with Gasteiger partial charge in [-0.05, 0) is 49.7 Å². The summed E-state index contributed by atoms with van der Waals surface area (Å²) in [5.74, 6) is -0.279. The maximum Gasteiger partial charge on any atom is 0.307 e. The van der Waals surface area contributed by atoms with Crippen molar-refractivity contribution in [3.63, 3.8) is 0 Å². The molecule has 0 radical (unpaired) electrons. The summed E-state index contributed by atoms with van der Waals surface area (Å²) in [6.07, 6.45) is 10.1. The van der Waals surface area contributed by atoms with Crippen molar-refractivity contribution < 1.29 is 14.3 Å². The number of rotatable bonds is 2. The molecule has 16 heavy (non-hydrogen) atoms. The Kier molecular flexibility index (Phi) is 5.54. The third-order valence-electron chi connectivity index (χ3n) is 2.61. The first-order valence-electron chi connectivity index (χ1n) is 5.71. The molecule has 0 atom stereocenters. The van der Waals surface area contributed by atoms with Crippen LogP contribution >= 0.6 is 0 Å². The molecule has 1 rings (SSSR count). The van der Waals surface area contributed by atoms with Crippen molar-refractivity contribution in [3.8, 4) is 0 Å². The third-order valence-corrected chi connectivity index (χ3v) is 2.61. The fraction of sp³-hybridized carbons (Fsp3) is 0.538. The van der Waals surface area contributed by atoms with Gasteiger partial charge >= 0.3 is 5.97 Å². The maximum atomic E-state index is 10.7. The van der Waals surface area contributed by atoms with Gasteiger partial charge in [-0.25, -0.2) is 0 Å².